The molecule has 1 aromatic heterocycles. The number of anilines is 1. The normalized spacial score (nSPS) is 26.6. The van der Waals surface area contributed by atoms with Gasteiger partial charge in [-0.15, -0.1) is 24.8 Å². The summed E-state index contributed by atoms with van der Waals surface area (Å²) < 4.78 is 0. The second kappa shape index (κ2) is 9.77. The number of amides is 1. The molecule has 9 heteroatoms. The highest BCUT2D eigenvalue weighted by Gasteiger charge is 2.45. The molecule has 3 heterocycles. The molecule has 0 aromatic carbocycles. The van der Waals surface area contributed by atoms with Gasteiger partial charge in [0.05, 0.1) is 0 Å². The number of nitrogens with two attached hydrogens (primary N) is 2. The molecule has 3 fully saturated rings. The topological polar surface area (TPSA) is 101 Å². The van der Waals surface area contributed by atoms with Crippen LogP contribution in [0.4, 0.5) is 5.82 Å². The number of primary amides is 1. The van der Waals surface area contributed by atoms with Crippen molar-refractivity contribution in [2.45, 2.75) is 69.4 Å². The summed E-state index contributed by atoms with van der Waals surface area (Å²) in [7, 11) is 0. The average Bonchev–Trinajstić information content (AvgIpc) is 2.65. The lowest BCUT2D eigenvalue weighted by molar-refractivity contribution is -0.132. The zero-order valence-electron chi connectivity index (χ0n) is 17.2. The summed E-state index contributed by atoms with van der Waals surface area (Å²) in [5.74, 6) is 2.09. The Morgan fingerprint density at radius 1 is 1.07 bits per heavy atom. The molecule has 1 amide bonds. The Morgan fingerprint density at radius 3 is 2.24 bits per heavy atom. The van der Waals surface area contributed by atoms with Crippen LogP contribution in [-0.2, 0) is 4.79 Å². The number of rotatable bonds is 4. The number of aryl methyl sites for hydroxylation is 1. The van der Waals surface area contributed by atoms with Crippen molar-refractivity contribution in [1.82, 2.24) is 14.9 Å². The maximum Gasteiger partial charge on any atom is 0.238 e. The summed E-state index contributed by atoms with van der Waals surface area (Å²) in [5, 5.41) is 0. The van der Waals surface area contributed by atoms with E-state index in [-0.39, 0.29) is 30.7 Å². The van der Waals surface area contributed by atoms with Crippen LogP contribution in [-0.4, -0.2) is 58.5 Å². The van der Waals surface area contributed by atoms with Crippen LogP contribution in [0.3, 0.4) is 0 Å². The van der Waals surface area contributed by atoms with Gasteiger partial charge in [0.25, 0.3) is 0 Å². The molecule has 4 N–H and O–H groups in total. The summed E-state index contributed by atoms with van der Waals surface area (Å²) in [5.41, 5.74) is 12.5. The molecule has 2 aliphatic heterocycles. The quantitative estimate of drug-likeness (QED) is 0.737. The Bertz CT molecular complexity index is 698. The molecule has 2 saturated heterocycles. The lowest BCUT2D eigenvalue weighted by atomic mass is 9.78. The monoisotopic (exact) mass is 444 g/mol. The fourth-order valence-corrected chi connectivity index (χ4v) is 5.00. The van der Waals surface area contributed by atoms with Crippen LogP contribution in [0.2, 0.25) is 0 Å². The van der Waals surface area contributed by atoms with E-state index in [9.17, 15) is 4.79 Å². The van der Waals surface area contributed by atoms with Gasteiger partial charge in [0.1, 0.15) is 17.2 Å². The molecule has 1 aliphatic carbocycles. The highest BCUT2D eigenvalue weighted by molar-refractivity contribution is 5.86. The van der Waals surface area contributed by atoms with Gasteiger partial charge in [-0.3, -0.25) is 9.69 Å². The number of carbonyl (C=O) groups is 1. The molecule has 1 aromatic rings. The number of halogens is 2. The van der Waals surface area contributed by atoms with Gasteiger partial charge in [-0.05, 0) is 58.5 Å². The van der Waals surface area contributed by atoms with Crippen LogP contribution in [0.25, 0.3) is 0 Å². The maximum absolute atomic E-state index is 12.4. The second-order valence-corrected chi connectivity index (χ2v) is 8.56. The molecule has 0 unspecified atom stereocenters. The maximum atomic E-state index is 12.4. The van der Waals surface area contributed by atoms with Gasteiger partial charge in [0.2, 0.25) is 5.91 Å². The number of aromatic nitrogens is 2. The van der Waals surface area contributed by atoms with Crippen molar-refractivity contribution in [1.29, 1.82) is 0 Å². The van der Waals surface area contributed by atoms with Crippen molar-refractivity contribution in [2.75, 3.05) is 31.1 Å². The van der Waals surface area contributed by atoms with Crippen molar-refractivity contribution >= 4 is 36.5 Å². The third-order valence-electron chi connectivity index (χ3n) is 6.77. The first-order chi connectivity index (χ1) is 13.0. The zero-order chi connectivity index (χ0) is 19.0. The van der Waals surface area contributed by atoms with E-state index < -0.39 is 5.54 Å². The number of hydrogen-bond acceptors (Lipinski definition) is 6. The molecule has 29 heavy (non-hydrogen) atoms. The third kappa shape index (κ3) is 4.79. The molecule has 0 radical (unpaired) electrons. The lowest BCUT2D eigenvalue weighted by Crippen LogP contribution is -2.63. The van der Waals surface area contributed by atoms with Gasteiger partial charge < -0.3 is 16.4 Å². The largest absolute Gasteiger partial charge is 0.368 e. The van der Waals surface area contributed by atoms with E-state index in [1.54, 1.807) is 0 Å². The number of piperidine rings is 2. The van der Waals surface area contributed by atoms with Gasteiger partial charge in [-0.1, -0.05) is 6.42 Å². The minimum Gasteiger partial charge on any atom is -0.368 e. The van der Waals surface area contributed by atoms with Crippen molar-refractivity contribution in [3.63, 3.8) is 0 Å². The van der Waals surface area contributed by atoms with Crippen LogP contribution >= 0.6 is 24.8 Å². The minimum atomic E-state index is -0.484. The minimum absolute atomic E-state index is 0. The Hall–Kier alpha value is -1.15. The van der Waals surface area contributed by atoms with Crippen molar-refractivity contribution in [2.24, 2.45) is 11.5 Å². The standard InChI is InChI=1S/C20H32N6O.2ClH/c1-14-23-17(15-11-16(21)12-15)13-18(24-14)25-9-5-20(6-10-25,19(22)27)26-7-3-2-4-8-26;;/h13,15-16H,2-12,21H2,1H3,(H2,22,27);2*1H. The van der Waals surface area contributed by atoms with E-state index in [0.29, 0.717) is 12.0 Å². The molecule has 164 valence electrons. The number of carbonyl (C=O) groups excluding carboxylic acids is 1. The van der Waals surface area contributed by atoms with E-state index in [0.717, 1.165) is 82.0 Å². The van der Waals surface area contributed by atoms with Crippen LogP contribution in [0.15, 0.2) is 6.07 Å². The molecular formula is C20H34Cl2N6O. The highest BCUT2D eigenvalue weighted by Crippen LogP contribution is 2.37. The van der Waals surface area contributed by atoms with E-state index in [1.807, 2.05) is 6.92 Å². The van der Waals surface area contributed by atoms with E-state index in [4.69, 9.17) is 11.5 Å². The SMILES string of the molecule is Cc1nc(C2CC(N)C2)cc(N2CCC(C(N)=O)(N3CCCCC3)CC2)n1.Cl.Cl. The van der Waals surface area contributed by atoms with E-state index in [2.05, 4.69) is 25.8 Å². The predicted molar refractivity (Wildman–Crippen MR) is 120 cm³/mol. The van der Waals surface area contributed by atoms with Crippen LogP contribution in [0.5, 0.6) is 0 Å². The van der Waals surface area contributed by atoms with Crippen molar-refractivity contribution in [3.05, 3.63) is 17.6 Å². The van der Waals surface area contributed by atoms with Gasteiger partial charge >= 0.3 is 0 Å². The molecular weight excluding hydrogens is 411 g/mol. The van der Waals surface area contributed by atoms with Gasteiger partial charge in [-0.25, -0.2) is 9.97 Å². The Morgan fingerprint density at radius 2 is 1.69 bits per heavy atom. The lowest BCUT2D eigenvalue weighted by Gasteiger charge is -2.48. The Labute approximate surface area is 185 Å². The summed E-state index contributed by atoms with van der Waals surface area (Å²) in [6.07, 6.45) is 7.15. The summed E-state index contributed by atoms with van der Waals surface area (Å²) in [6, 6.07) is 2.44. The zero-order valence-corrected chi connectivity index (χ0v) is 18.8. The van der Waals surface area contributed by atoms with Crippen LogP contribution in [0, 0.1) is 6.92 Å². The molecule has 0 bridgehead atoms. The summed E-state index contributed by atoms with van der Waals surface area (Å²) >= 11 is 0. The smallest absolute Gasteiger partial charge is 0.238 e. The first-order valence-electron chi connectivity index (χ1n) is 10.4. The van der Waals surface area contributed by atoms with Gasteiger partial charge in [0.15, 0.2) is 0 Å². The predicted octanol–water partition coefficient (Wildman–Crippen LogP) is 2.14. The average molecular weight is 445 g/mol. The Kier molecular flexibility index (Phi) is 8.13. The van der Waals surface area contributed by atoms with E-state index >= 15 is 0 Å². The third-order valence-corrected chi connectivity index (χ3v) is 6.77. The van der Waals surface area contributed by atoms with Crippen molar-refractivity contribution < 1.29 is 4.79 Å². The van der Waals surface area contributed by atoms with Crippen LogP contribution in [0.1, 0.15) is 62.4 Å². The fraction of sp³-hybridized carbons (Fsp3) is 0.750. The van der Waals surface area contributed by atoms with E-state index in [1.165, 1.54) is 6.42 Å². The van der Waals surface area contributed by atoms with Crippen LogP contribution < -0.4 is 16.4 Å². The fourth-order valence-electron chi connectivity index (χ4n) is 5.00. The first-order valence-corrected chi connectivity index (χ1v) is 10.4. The number of hydrogen-bond donors (Lipinski definition) is 2. The molecule has 3 aliphatic rings. The summed E-state index contributed by atoms with van der Waals surface area (Å²) in [6.45, 7) is 5.54. The molecule has 7 nitrogen and oxygen atoms in total. The van der Waals surface area contributed by atoms with Crippen molar-refractivity contribution in [3.8, 4) is 0 Å². The molecule has 0 spiro atoms. The molecule has 4 rings (SSSR count). The molecule has 1 saturated carbocycles. The summed E-state index contributed by atoms with van der Waals surface area (Å²) in [4.78, 5) is 26.4. The second-order valence-electron chi connectivity index (χ2n) is 8.56. The molecule has 0 atom stereocenters. The number of nitrogens with zero attached hydrogens (tertiary/aromatic N) is 4. The Balaban J connectivity index is 0.00000150. The number of likely N-dealkylation sites (tertiary alicyclic amines) is 1. The van der Waals surface area contributed by atoms with Gasteiger partial charge in [-0.2, -0.15) is 0 Å². The van der Waals surface area contributed by atoms with Gasteiger partial charge in [0, 0.05) is 36.8 Å². The highest BCUT2D eigenvalue weighted by atomic mass is 35.5. The first kappa shape index (κ1) is 24.1.